The van der Waals surface area contributed by atoms with Crippen LogP contribution < -0.4 is 17.0 Å². The minimum Gasteiger partial charge on any atom is -1.00 e. The van der Waals surface area contributed by atoms with Crippen LogP contribution in [-0.2, 0) is 0 Å². The van der Waals surface area contributed by atoms with E-state index in [9.17, 15) is 4.39 Å². The SMILES string of the molecule is [Br-].[CH2-]c1ccc(F)cc1Cl.[Mg+2]. The second-order valence-electron chi connectivity index (χ2n) is 1.74. The van der Waals surface area contributed by atoms with Crippen LogP contribution in [0, 0.1) is 12.7 Å². The minimum atomic E-state index is -0.326. The minimum absolute atomic E-state index is 0. The van der Waals surface area contributed by atoms with E-state index >= 15 is 0 Å². The van der Waals surface area contributed by atoms with Crippen LogP contribution in [0.1, 0.15) is 5.56 Å². The summed E-state index contributed by atoms with van der Waals surface area (Å²) in [6.07, 6.45) is 0. The Kier molecular flexibility index (Phi) is 7.84. The van der Waals surface area contributed by atoms with Crippen molar-refractivity contribution >= 4 is 34.7 Å². The van der Waals surface area contributed by atoms with Crippen molar-refractivity contribution in [3.63, 3.8) is 0 Å². The van der Waals surface area contributed by atoms with Gasteiger partial charge in [-0.1, -0.05) is 17.2 Å². The van der Waals surface area contributed by atoms with Crippen molar-refractivity contribution < 1.29 is 21.4 Å². The number of hydrogen-bond donors (Lipinski definition) is 0. The average Bonchev–Trinajstić information content (AvgIpc) is 1.80. The predicted octanol–water partition coefficient (Wildman–Crippen LogP) is -0.716. The molecule has 0 atom stereocenters. The van der Waals surface area contributed by atoms with Crippen LogP contribution in [0.3, 0.4) is 0 Å². The maximum absolute atomic E-state index is 12.2. The Hall–Kier alpha value is 0.556. The molecule has 0 amide bonds. The number of benzene rings is 1. The molecule has 0 aliphatic heterocycles. The summed E-state index contributed by atoms with van der Waals surface area (Å²) in [5.41, 5.74) is 0.651. The van der Waals surface area contributed by atoms with E-state index in [0.717, 1.165) is 0 Å². The van der Waals surface area contributed by atoms with Gasteiger partial charge in [-0.05, 0) is 0 Å². The molecule has 1 aromatic carbocycles. The Balaban J connectivity index is 0. The molecule has 0 spiro atoms. The van der Waals surface area contributed by atoms with Gasteiger partial charge in [0.2, 0.25) is 0 Å². The van der Waals surface area contributed by atoms with Gasteiger partial charge < -0.3 is 17.0 Å². The normalized spacial score (nSPS) is 7.82. The van der Waals surface area contributed by atoms with Crippen molar-refractivity contribution in [1.82, 2.24) is 0 Å². The molecule has 11 heavy (non-hydrogen) atoms. The van der Waals surface area contributed by atoms with Gasteiger partial charge in [-0.3, -0.25) is 0 Å². The van der Waals surface area contributed by atoms with Gasteiger partial charge in [-0.2, -0.15) is 30.2 Å². The summed E-state index contributed by atoms with van der Waals surface area (Å²) in [4.78, 5) is 0. The Bertz CT molecular complexity index is 230. The second kappa shape index (κ2) is 6.11. The number of hydrogen-bond acceptors (Lipinski definition) is 0. The van der Waals surface area contributed by atoms with E-state index in [1.807, 2.05) is 0 Å². The summed E-state index contributed by atoms with van der Waals surface area (Å²) < 4.78 is 12.2. The van der Waals surface area contributed by atoms with E-state index in [1.54, 1.807) is 0 Å². The maximum atomic E-state index is 12.2. The topological polar surface area (TPSA) is 0 Å². The largest absolute Gasteiger partial charge is 2.00 e. The third kappa shape index (κ3) is 4.21. The third-order valence-electron chi connectivity index (χ3n) is 1.02. The van der Waals surface area contributed by atoms with Crippen LogP contribution in [0.15, 0.2) is 18.2 Å². The van der Waals surface area contributed by atoms with Crippen molar-refractivity contribution in [1.29, 1.82) is 0 Å². The molecule has 1 rings (SSSR count). The molecule has 4 heteroatoms. The fraction of sp³-hybridized carbons (Fsp3) is 0. The first-order chi connectivity index (χ1) is 4.20. The van der Waals surface area contributed by atoms with Gasteiger partial charge in [0.1, 0.15) is 5.82 Å². The predicted molar refractivity (Wildman–Crippen MR) is 41.6 cm³/mol. The first-order valence-electron chi connectivity index (χ1n) is 2.47. The molecule has 0 nitrogen and oxygen atoms in total. The van der Waals surface area contributed by atoms with Gasteiger partial charge in [0.15, 0.2) is 0 Å². The fourth-order valence-corrected chi connectivity index (χ4v) is 0.689. The van der Waals surface area contributed by atoms with Crippen LogP contribution >= 0.6 is 11.6 Å². The van der Waals surface area contributed by atoms with E-state index in [-0.39, 0.29) is 45.9 Å². The van der Waals surface area contributed by atoms with Crippen molar-refractivity contribution in [3.05, 3.63) is 41.5 Å². The molecule has 0 heterocycles. The summed E-state index contributed by atoms with van der Waals surface area (Å²) in [6, 6.07) is 4.11. The van der Waals surface area contributed by atoms with Crippen LogP contribution in [-0.4, -0.2) is 23.1 Å². The van der Waals surface area contributed by atoms with Gasteiger partial charge in [0, 0.05) is 0 Å². The number of rotatable bonds is 0. The van der Waals surface area contributed by atoms with Gasteiger partial charge >= 0.3 is 23.1 Å². The molecule has 0 N–H and O–H groups in total. The molecule has 56 valence electrons. The van der Waals surface area contributed by atoms with Gasteiger partial charge in [0.05, 0.1) is 0 Å². The molecule has 0 aliphatic carbocycles. The molecular formula is C7H5BrClFMg. The third-order valence-corrected chi connectivity index (χ3v) is 1.37. The van der Waals surface area contributed by atoms with Crippen LogP contribution in [0.2, 0.25) is 5.02 Å². The number of halogens is 3. The summed E-state index contributed by atoms with van der Waals surface area (Å²) in [5.74, 6) is -0.326. The van der Waals surface area contributed by atoms with Crippen molar-refractivity contribution in [2.75, 3.05) is 0 Å². The Morgan fingerprint density at radius 1 is 1.36 bits per heavy atom. The Morgan fingerprint density at radius 2 is 1.91 bits per heavy atom. The average molecular weight is 248 g/mol. The Labute approximate surface area is 97.0 Å². The van der Waals surface area contributed by atoms with E-state index in [0.29, 0.717) is 10.6 Å². The zero-order valence-corrected chi connectivity index (χ0v) is 9.54. The first-order valence-corrected chi connectivity index (χ1v) is 2.85. The molecule has 0 saturated carbocycles. The maximum Gasteiger partial charge on any atom is 2.00 e. The molecule has 1 aromatic rings. The zero-order valence-electron chi connectivity index (χ0n) is 5.78. The molecule has 0 fully saturated rings. The summed E-state index contributed by atoms with van der Waals surface area (Å²) >= 11 is 5.51. The second-order valence-corrected chi connectivity index (χ2v) is 2.14. The fourth-order valence-electron chi connectivity index (χ4n) is 0.522. The van der Waals surface area contributed by atoms with E-state index < -0.39 is 0 Å². The van der Waals surface area contributed by atoms with Gasteiger partial charge in [-0.15, -0.1) is 0 Å². The van der Waals surface area contributed by atoms with Crippen molar-refractivity contribution in [2.24, 2.45) is 0 Å². The quantitative estimate of drug-likeness (QED) is 0.420. The van der Waals surface area contributed by atoms with Gasteiger partial charge in [0.25, 0.3) is 0 Å². The molecular weight excluding hydrogens is 243 g/mol. The molecule has 0 aliphatic rings. The summed E-state index contributed by atoms with van der Waals surface area (Å²) in [5, 5.41) is 0.370. The molecule has 0 unspecified atom stereocenters. The molecule has 0 radical (unpaired) electrons. The zero-order chi connectivity index (χ0) is 6.85. The van der Waals surface area contributed by atoms with Crippen molar-refractivity contribution in [3.8, 4) is 0 Å². The smallest absolute Gasteiger partial charge is 1.00 e. The molecule has 0 saturated heterocycles. The van der Waals surface area contributed by atoms with E-state index in [1.165, 1.54) is 18.2 Å². The summed E-state index contributed by atoms with van der Waals surface area (Å²) in [6.45, 7) is 3.56. The molecule has 0 aromatic heterocycles. The summed E-state index contributed by atoms with van der Waals surface area (Å²) in [7, 11) is 0. The van der Waals surface area contributed by atoms with E-state index in [4.69, 9.17) is 11.6 Å². The van der Waals surface area contributed by atoms with E-state index in [2.05, 4.69) is 6.92 Å². The monoisotopic (exact) mass is 246 g/mol. The van der Waals surface area contributed by atoms with Crippen LogP contribution in [0.4, 0.5) is 4.39 Å². The van der Waals surface area contributed by atoms with Crippen LogP contribution in [0.25, 0.3) is 0 Å². The standard InChI is InChI=1S/C7H5ClF.BrH.Mg/c1-5-2-3-6(9)4-7(5)8;;/h2-4H,1H2;1H;/q-1;;+2/p-1. The van der Waals surface area contributed by atoms with Crippen LogP contribution in [0.5, 0.6) is 0 Å². The van der Waals surface area contributed by atoms with Crippen molar-refractivity contribution in [2.45, 2.75) is 0 Å². The first kappa shape index (κ1) is 14.1. The van der Waals surface area contributed by atoms with Gasteiger partial charge in [-0.25, -0.2) is 4.39 Å². The molecule has 0 bridgehead atoms. The Morgan fingerprint density at radius 3 is 2.27 bits per heavy atom.